The van der Waals surface area contributed by atoms with Gasteiger partial charge >= 0.3 is 0 Å². The molecular weight excluding hydrogens is 238 g/mol. The number of rotatable bonds is 2. The molecule has 0 aliphatic rings. The molecule has 0 spiro atoms. The summed E-state index contributed by atoms with van der Waals surface area (Å²) in [5.74, 6) is 0. The topological polar surface area (TPSA) is 33.1 Å². The van der Waals surface area contributed by atoms with Gasteiger partial charge in [0.25, 0.3) is 0 Å². The van der Waals surface area contributed by atoms with E-state index in [9.17, 15) is 5.11 Å². The Morgan fingerprint density at radius 1 is 1.50 bits per heavy atom. The molecule has 2 heterocycles. The SMILES string of the molecule is CC(O)c1csc(-c2ccc(Cl)s2)n1. The minimum Gasteiger partial charge on any atom is -0.387 e. The molecule has 74 valence electrons. The Kier molecular flexibility index (Phi) is 2.88. The van der Waals surface area contributed by atoms with Gasteiger partial charge in [0.1, 0.15) is 5.01 Å². The van der Waals surface area contributed by atoms with Gasteiger partial charge in [-0.25, -0.2) is 4.98 Å². The van der Waals surface area contributed by atoms with Crippen LogP contribution in [0.2, 0.25) is 4.34 Å². The summed E-state index contributed by atoms with van der Waals surface area (Å²) in [6.45, 7) is 1.71. The molecule has 14 heavy (non-hydrogen) atoms. The monoisotopic (exact) mass is 245 g/mol. The van der Waals surface area contributed by atoms with Crippen LogP contribution < -0.4 is 0 Å². The number of thiophene rings is 1. The first-order chi connectivity index (χ1) is 6.66. The van der Waals surface area contributed by atoms with Crippen molar-refractivity contribution in [1.82, 2.24) is 4.98 Å². The second-order valence-corrected chi connectivity index (χ2v) is 5.43. The zero-order chi connectivity index (χ0) is 10.1. The molecule has 1 unspecified atom stereocenters. The predicted octanol–water partition coefficient (Wildman–Crippen LogP) is 3.58. The molecule has 0 amide bonds. The maximum atomic E-state index is 9.31. The molecule has 1 atom stereocenters. The van der Waals surface area contributed by atoms with Crippen LogP contribution in [-0.4, -0.2) is 10.1 Å². The van der Waals surface area contributed by atoms with Crippen LogP contribution >= 0.6 is 34.3 Å². The average Bonchev–Trinajstić information content (AvgIpc) is 2.70. The molecule has 0 saturated carbocycles. The van der Waals surface area contributed by atoms with Crippen LogP contribution in [0.15, 0.2) is 17.5 Å². The fourth-order valence-corrected chi connectivity index (χ4v) is 3.04. The number of aromatic nitrogens is 1. The third-order valence-corrected chi connectivity index (χ3v) is 3.99. The fourth-order valence-electron chi connectivity index (χ4n) is 1.02. The van der Waals surface area contributed by atoms with Crippen LogP contribution in [0.3, 0.4) is 0 Å². The first-order valence-corrected chi connectivity index (χ1v) is 6.13. The van der Waals surface area contributed by atoms with Crippen molar-refractivity contribution in [2.75, 3.05) is 0 Å². The van der Waals surface area contributed by atoms with E-state index in [4.69, 9.17) is 11.6 Å². The van der Waals surface area contributed by atoms with Crippen molar-refractivity contribution < 1.29 is 5.11 Å². The van der Waals surface area contributed by atoms with Gasteiger partial charge in [-0.1, -0.05) is 11.6 Å². The fraction of sp³-hybridized carbons (Fsp3) is 0.222. The predicted molar refractivity (Wildman–Crippen MR) is 61.1 cm³/mol. The lowest BCUT2D eigenvalue weighted by Gasteiger charge is -1.95. The molecule has 1 N–H and O–H groups in total. The highest BCUT2D eigenvalue weighted by atomic mass is 35.5. The number of aliphatic hydroxyl groups excluding tert-OH is 1. The molecule has 5 heteroatoms. The first-order valence-electron chi connectivity index (χ1n) is 4.06. The van der Waals surface area contributed by atoms with Crippen molar-refractivity contribution in [3.8, 4) is 9.88 Å². The number of halogens is 1. The molecule has 0 saturated heterocycles. The lowest BCUT2D eigenvalue weighted by atomic mass is 10.3. The summed E-state index contributed by atoms with van der Waals surface area (Å²) in [6.07, 6.45) is -0.504. The van der Waals surface area contributed by atoms with Crippen molar-refractivity contribution >= 4 is 34.3 Å². The number of hydrogen-bond donors (Lipinski definition) is 1. The van der Waals surface area contributed by atoms with E-state index < -0.39 is 6.10 Å². The molecule has 0 aromatic carbocycles. The lowest BCUT2D eigenvalue weighted by Crippen LogP contribution is -1.89. The van der Waals surface area contributed by atoms with E-state index in [0.29, 0.717) is 0 Å². The minimum absolute atomic E-state index is 0.504. The second kappa shape index (κ2) is 3.98. The number of hydrogen-bond acceptors (Lipinski definition) is 4. The largest absolute Gasteiger partial charge is 0.387 e. The maximum Gasteiger partial charge on any atom is 0.133 e. The summed E-state index contributed by atoms with van der Waals surface area (Å²) in [5.41, 5.74) is 0.717. The van der Waals surface area contributed by atoms with Crippen LogP contribution in [-0.2, 0) is 0 Å². The second-order valence-electron chi connectivity index (χ2n) is 2.86. The minimum atomic E-state index is -0.504. The van der Waals surface area contributed by atoms with Crippen LogP contribution in [0.4, 0.5) is 0 Å². The van der Waals surface area contributed by atoms with Crippen LogP contribution in [0.5, 0.6) is 0 Å². The average molecular weight is 246 g/mol. The van der Waals surface area contributed by atoms with E-state index in [0.717, 1.165) is 19.9 Å². The third-order valence-electron chi connectivity index (χ3n) is 1.73. The Bertz CT molecular complexity index is 435. The number of nitrogens with zero attached hydrogens (tertiary/aromatic N) is 1. The molecule has 2 aromatic rings. The summed E-state index contributed by atoms with van der Waals surface area (Å²) in [4.78, 5) is 5.36. The maximum absolute atomic E-state index is 9.31. The first kappa shape index (κ1) is 10.1. The van der Waals surface area contributed by atoms with E-state index >= 15 is 0 Å². The zero-order valence-corrected chi connectivity index (χ0v) is 9.79. The van der Waals surface area contributed by atoms with Crippen molar-refractivity contribution in [3.05, 3.63) is 27.5 Å². The van der Waals surface area contributed by atoms with Gasteiger partial charge in [0, 0.05) is 5.38 Å². The van der Waals surface area contributed by atoms with Crippen LogP contribution in [0.25, 0.3) is 9.88 Å². The van der Waals surface area contributed by atoms with Gasteiger partial charge in [0.15, 0.2) is 0 Å². The van der Waals surface area contributed by atoms with Gasteiger partial charge in [-0.05, 0) is 19.1 Å². The molecule has 2 nitrogen and oxygen atoms in total. The van der Waals surface area contributed by atoms with E-state index in [2.05, 4.69) is 4.98 Å². The van der Waals surface area contributed by atoms with Gasteiger partial charge < -0.3 is 5.11 Å². The van der Waals surface area contributed by atoms with Crippen LogP contribution in [0.1, 0.15) is 18.7 Å². The lowest BCUT2D eigenvalue weighted by molar-refractivity contribution is 0.195. The summed E-state index contributed by atoms with van der Waals surface area (Å²) in [6, 6.07) is 3.79. The van der Waals surface area contributed by atoms with Crippen molar-refractivity contribution in [1.29, 1.82) is 0 Å². The van der Waals surface area contributed by atoms with E-state index in [-0.39, 0.29) is 0 Å². The Morgan fingerprint density at radius 3 is 2.79 bits per heavy atom. The highest BCUT2D eigenvalue weighted by Gasteiger charge is 2.09. The summed E-state index contributed by atoms with van der Waals surface area (Å²) in [7, 11) is 0. The molecule has 0 radical (unpaired) electrons. The molecule has 0 bridgehead atoms. The Labute approximate surface area is 94.8 Å². The third kappa shape index (κ3) is 1.98. The Balaban J connectivity index is 2.33. The highest BCUT2D eigenvalue weighted by Crippen LogP contribution is 2.33. The van der Waals surface area contributed by atoms with Gasteiger partial charge in [-0.3, -0.25) is 0 Å². The molecule has 0 fully saturated rings. The van der Waals surface area contributed by atoms with Gasteiger partial charge in [0.2, 0.25) is 0 Å². The van der Waals surface area contributed by atoms with Crippen molar-refractivity contribution in [2.24, 2.45) is 0 Å². The highest BCUT2D eigenvalue weighted by molar-refractivity contribution is 7.23. The number of thiazole rings is 1. The van der Waals surface area contributed by atoms with Gasteiger partial charge in [-0.15, -0.1) is 22.7 Å². The quantitative estimate of drug-likeness (QED) is 0.877. The summed E-state index contributed by atoms with van der Waals surface area (Å²) < 4.78 is 0.758. The Morgan fingerprint density at radius 2 is 2.29 bits per heavy atom. The van der Waals surface area contributed by atoms with Gasteiger partial charge in [0.05, 0.1) is 21.0 Å². The molecular formula is C9H8ClNOS2. The molecule has 2 rings (SSSR count). The standard InChI is InChI=1S/C9H8ClNOS2/c1-5(12)6-4-13-9(11-6)7-2-3-8(10)14-7/h2-5,12H,1H3. The smallest absolute Gasteiger partial charge is 0.133 e. The van der Waals surface area contributed by atoms with Crippen molar-refractivity contribution in [3.63, 3.8) is 0 Å². The van der Waals surface area contributed by atoms with E-state index in [1.54, 1.807) is 6.92 Å². The van der Waals surface area contributed by atoms with Gasteiger partial charge in [-0.2, -0.15) is 0 Å². The summed E-state index contributed by atoms with van der Waals surface area (Å²) >= 11 is 8.85. The van der Waals surface area contributed by atoms with Crippen LogP contribution in [0, 0.1) is 0 Å². The zero-order valence-electron chi connectivity index (χ0n) is 7.40. The Hall–Kier alpha value is -0.420. The molecule has 2 aromatic heterocycles. The van der Waals surface area contributed by atoms with Crippen molar-refractivity contribution in [2.45, 2.75) is 13.0 Å². The normalized spacial score (nSPS) is 13.1. The molecule has 0 aliphatic heterocycles. The molecule has 0 aliphatic carbocycles. The number of aliphatic hydroxyl groups is 1. The van der Waals surface area contributed by atoms with E-state index in [1.807, 2.05) is 17.5 Å². The van der Waals surface area contributed by atoms with E-state index in [1.165, 1.54) is 22.7 Å². The summed E-state index contributed by atoms with van der Waals surface area (Å²) in [5, 5.41) is 12.1.